The van der Waals surface area contributed by atoms with E-state index in [-0.39, 0.29) is 24.8 Å². The molecule has 8 nitrogen and oxygen atoms in total. The van der Waals surface area contributed by atoms with E-state index < -0.39 is 35.2 Å². The first kappa shape index (κ1) is 19.4. The van der Waals surface area contributed by atoms with Crippen LogP contribution in [0.1, 0.15) is 17.5 Å². The summed E-state index contributed by atoms with van der Waals surface area (Å²) in [5, 5.41) is 6.00. The molecular formula is C23H22N4O4. The number of hydrogen-bond acceptors (Lipinski definition) is 5. The van der Waals surface area contributed by atoms with Crippen LogP contribution in [0.3, 0.4) is 0 Å². The zero-order valence-corrected chi connectivity index (χ0v) is 16.7. The number of para-hydroxylation sites is 1. The molecule has 3 aliphatic heterocycles. The zero-order chi connectivity index (χ0) is 21.8. The first-order valence-electron chi connectivity index (χ1n) is 10.3. The van der Waals surface area contributed by atoms with Crippen molar-refractivity contribution in [3.05, 3.63) is 65.7 Å². The molecule has 1 spiro atoms. The molecule has 2 saturated heterocycles. The van der Waals surface area contributed by atoms with Crippen molar-refractivity contribution in [3.63, 3.8) is 0 Å². The van der Waals surface area contributed by atoms with E-state index in [2.05, 4.69) is 10.6 Å². The molecule has 2 aromatic rings. The minimum atomic E-state index is -1.39. The molecule has 0 unspecified atom stereocenters. The predicted octanol–water partition coefficient (Wildman–Crippen LogP) is 0.525. The number of rotatable bonds is 5. The number of nitrogens with one attached hydrogen (secondary N) is 2. The van der Waals surface area contributed by atoms with Gasteiger partial charge in [-0.25, -0.2) is 0 Å². The highest BCUT2D eigenvalue weighted by Gasteiger charge is 2.70. The number of anilines is 1. The second-order valence-corrected chi connectivity index (χ2v) is 8.30. The maximum Gasteiger partial charge on any atom is 0.250 e. The Hall–Kier alpha value is -3.52. The number of nitrogens with zero attached hydrogens (tertiary/aromatic N) is 1. The molecule has 5 rings (SSSR count). The number of benzene rings is 2. The monoisotopic (exact) mass is 418 g/mol. The molecule has 0 radical (unpaired) electrons. The second kappa shape index (κ2) is 7.02. The van der Waals surface area contributed by atoms with Gasteiger partial charge in [0.2, 0.25) is 23.6 Å². The minimum absolute atomic E-state index is 0.135. The Balaban J connectivity index is 1.53. The van der Waals surface area contributed by atoms with Crippen molar-refractivity contribution in [2.24, 2.45) is 17.6 Å². The molecule has 158 valence electrons. The standard InChI is InChI=1S/C23H22N4O4/c24-17(28)12-16-18-19(23(26-16)14-8-4-5-9-15(14)25-22(23)31)21(30)27(20(18)29)11-10-13-6-2-1-3-7-13/h1-9,16,18-19,26H,10-12H2,(H2,24,28)(H,25,31)/t16-,18+,19+,23+/m1/s1. The highest BCUT2D eigenvalue weighted by Crippen LogP contribution is 2.53. The van der Waals surface area contributed by atoms with Crippen LogP contribution in [0.2, 0.25) is 0 Å². The third kappa shape index (κ3) is 2.79. The highest BCUT2D eigenvalue weighted by atomic mass is 16.2. The fraction of sp³-hybridized carbons (Fsp3) is 0.304. The van der Waals surface area contributed by atoms with Gasteiger partial charge in [0.25, 0.3) is 0 Å². The molecule has 0 aromatic heterocycles. The van der Waals surface area contributed by atoms with Crippen LogP contribution in [0, 0.1) is 11.8 Å². The van der Waals surface area contributed by atoms with E-state index in [1.807, 2.05) is 30.3 Å². The molecule has 0 saturated carbocycles. The van der Waals surface area contributed by atoms with Gasteiger partial charge in [0.1, 0.15) is 5.54 Å². The van der Waals surface area contributed by atoms with E-state index in [9.17, 15) is 19.2 Å². The Morgan fingerprint density at radius 2 is 1.71 bits per heavy atom. The molecule has 0 aliphatic carbocycles. The van der Waals surface area contributed by atoms with E-state index in [1.54, 1.807) is 24.3 Å². The van der Waals surface area contributed by atoms with Crippen LogP contribution in [0.4, 0.5) is 5.69 Å². The number of imide groups is 1. The van der Waals surface area contributed by atoms with E-state index >= 15 is 0 Å². The van der Waals surface area contributed by atoms with E-state index in [4.69, 9.17) is 5.73 Å². The fourth-order valence-electron chi connectivity index (χ4n) is 5.32. The smallest absolute Gasteiger partial charge is 0.250 e. The van der Waals surface area contributed by atoms with Gasteiger partial charge in [-0.05, 0) is 18.1 Å². The van der Waals surface area contributed by atoms with E-state index in [0.717, 1.165) is 5.56 Å². The highest BCUT2D eigenvalue weighted by molar-refractivity contribution is 6.15. The quantitative estimate of drug-likeness (QED) is 0.612. The van der Waals surface area contributed by atoms with Gasteiger partial charge in [0.15, 0.2) is 0 Å². The number of primary amides is 1. The predicted molar refractivity (Wildman–Crippen MR) is 111 cm³/mol. The molecule has 4 atom stereocenters. The number of amides is 4. The average Bonchev–Trinajstić information content (AvgIpc) is 3.32. The molecule has 2 aromatic carbocycles. The fourth-order valence-corrected chi connectivity index (χ4v) is 5.32. The zero-order valence-electron chi connectivity index (χ0n) is 16.7. The van der Waals surface area contributed by atoms with Gasteiger partial charge in [0, 0.05) is 30.3 Å². The summed E-state index contributed by atoms with van der Waals surface area (Å²) in [5.41, 5.74) is 6.26. The molecule has 4 N–H and O–H groups in total. The van der Waals surface area contributed by atoms with Crippen LogP contribution in [-0.4, -0.2) is 41.1 Å². The van der Waals surface area contributed by atoms with Crippen LogP contribution in [0.5, 0.6) is 0 Å². The van der Waals surface area contributed by atoms with Crippen molar-refractivity contribution in [2.75, 3.05) is 11.9 Å². The van der Waals surface area contributed by atoms with Crippen LogP contribution in [-0.2, 0) is 31.1 Å². The largest absolute Gasteiger partial charge is 0.370 e. The van der Waals surface area contributed by atoms with Crippen LogP contribution in [0.25, 0.3) is 0 Å². The first-order valence-corrected chi connectivity index (χ1v) is 10.3. The van der Waals surface area contributed by atoms with Crippen LogP contribution >= 0.6 is 0 Å². The SMILES string of the molecule is NC(=O)C[C@H]1N[C@]2(C(=O)Nc3ccccc32)[C@@H]2C(=O)N(CCc3ccccc3)C(=O)[C@H]21. The summed E-state index contributed by atoms with van der Waals surface area (Å²) in [7, 11) is 0. The number of nitrogens with two attached hydrogens (primary N) is 1. The molecule has 31 heavy (non-hydrogen) atoms. The van der Waals surface area contributed by atoms with Gasteiger partial charge in [-0.1, -0.05) is 48.5 Å². The summed E-state index contributed by atoms with van der Waals surface area (Å²) in [6.45, 7) is 0.220. The van der Waals surface area contributed by atoms with Crippen molar-refractivity contribution in [1.29, 1.82) is 0 Å². The van der Waals surface area contributed by atoms with Crippen molar-refractivity contribution < 1.29 is 19.2 Å². The lowest BCUT2D eigenvalue weighted by molar-refractivity contribution is -0.142. The van der Waals surface area contributed by atoms with Gasteiger partial charge in [-0.2, -0.15) is 0 Å². The Morgan fingerprint density at radius 3 is 2.45 bits per heavy atom. The third-order valence-corrected chi connectivity index (χ3v) is 6.60. The van der Waals surface area contributed by atoms with Crippen LogP contribution in [0.15, 0.2) is 54.6 Å². The average molecular weight is 418 g/mol. The van der Waals surface area contributed by atoms with Crippen molar-refractivity contribution >= 4 is 29.3 Å². The van der Waals surface area contributed by atoms with Gasteiger partial charge in [-0.3, -0.25) is 29.4 Å². The maximum atomic E-state index is 13.5. The molecule has 8 heteroatoms. The van der Waals surface area contributed by atoms with Gasteiger partial charge in [-0.15, -0.1) is 0 Å². The summed E-state index contributed by atoms with van der Waals surface area (Å²) in [4.78, 5) is 53.1. The number of likely N-dealkylation sites (tertiary alicyclic amines) is 1. The van der Waals surface area contributed by atoms with E-state index in [1.165, 1.54) is 4.90 Å². The molecule has 0 bridgehead atoms. The van der Waals surface area contributed by atoms with Gasteiger partial charge in [0.05, 0.1) is 11.8 Å². The van der Waals surface area contributed by atoms with E-state index in [0.29, 0.717) is 17.7 Å². The Morgan fingerprint density at radius 1 is 1.00 bits per heavy atom. The van der Waals surface area contributed by atoms with Crippen molar-refractivity contribution in [2.45, 2.75) is 24.4 Å². The lowest BCUT2D eigenvalue weighted by Gasteiger charge is -2.29. The second-order valence-electron chi connectivity index (χ2n) is 8.30. The van der Waals surface area contributed by atoms with Gasteiger partial charge < -0.3 is 11.1 Å². The lowest BCUT2D eigenvalue weighted by atomic mass is 9.76. The topological polar surface area (TPSA) is 122 Å². The minimum Gasteiger partial charge on any atom is -0.370 e. The van der Waals surface area contributed by atoms with Gasteiger partial charge >= 0.3 is 0 Å². The Labute approximate surface area is 178 Å². The maximum absolute atomic E-state index is 13.5. The van der Waals surface area contributed by atoms with Crippen LogP contribution < -0.4 is 16.4 Å². The molecule has 2 fully saturated rings. The third-order valence-electron chi connectivity index (χ3n) is 6.60. The van der Waals surface area contributed by atoms with Crippen molar-refractivity contribution in [3.8, 4) is 0 Å². The van der Waals surface area contributed by atoms with Crippen molar-refractivity contribution in [1.82, 2.24) is 10.2 Å². The number of carbonyl (C=O) groups excluding carboxylic acids is 4. The molecule has 3 aliphatic rings. The number of hydrogen-bond donors (Lipinski definition) is 3. The normalized spacial score (nSPS) is 28.7. The summed E-state index contributed by atoms with van der Waals surface area (Å²) < 4.78 is 0. The lowest BCUT2D eigenvalue weighted by Crippen LogP contribution is -2.53. The first-order chi connectivity index (χ1) is 14.9. The Bertz CT molecular complexity index is 1100. The summed E-state index contributed by atoms with van der Waals surface area (Å²) in [5.74, 6) is -3.49. The molecule has 4 amide bonds. The summed E-state index contributed by atoms with van der Waals surface area (Å²) in [6.07, 6.45) is 0.380. The summed E-state index contributed by atoms with van der Waals surface area (Å²) >= 11 is 0. The number of fused-ring (bicyclic) bond motifs is 4. The molecule has 3 heterocycles. The number of carbonyl (C=O) groups is 4. The Kier molecular flexibility index (Phi) is 4.40. The molecular weight excluding hydrogens is 396 g/mol. The summed E-state index contributed by atoms with van der Waals surface area (Å²) in [6, 6.07) is 16.0.